The van der Waals surface area contributed by atoms with Gasteiger partial charge in [-0.3, -0.25) is 9.59 Å². The monoisotopic (exact) mass is 483 g/mol. The summed E-state index contributed by atoms with van der Waals surface area (Å²) in [6, 6.07) is 10.7. The zero-order chi connectivity index (χ0) is 25.3. The van der Waals surface area contributed by atoms with Crippen LogP contribution in [0.25, 0.3) is 0 Å². The van der Waals surface area contributed by atoms with Crippen LogP contribution in [0.2, 0.25) is 0 Å². The summed E-state index contributed by atoms with van der Waals surface area (Å²) >= 11 is 0. The van der Waals surface area contributed by atoms with E-state index in [-0.39, 0.29) is 29.6 Å². The first-order valence-corrected chi connectivity index (χ1v) is 13.0. The van der Waals surface area contributed by atoms with Crippen molar-refractivity contribution in [1.29, 1.82) is 0 Å². The van der Waals surface area contributed by atoms with E-state index >= 15 is 0 Å². The average Bonchev–Trinajstić information content (AvgIpc) is 3.05. The predicted octanol–water partition coefficient (Wildman–Crippen LogP) is 2.58. The molecule has 1 aromatic carbocycles. The van der Waals surface area contributed by atoms with Crippen LogP contribution < -0.4 is 16.4 Å². The van der Waals surface area contributed by atoms with Crippen molar-refractivity contribution < 1.29 is 14.4 Å². The third-order valence-corrected chi connectivity index (χ3v) is 8.69. The number of hydrogen-bond donors (Lipinski definition) is 3. The van der Waals surface area contributed by atoms with Crippen LogP contribution >= 0.6 is 0 Å². The Morgan fingerprint density at radius 1 is 1.11 bits per heavy atom. The number of rotatable bonds is 9. The fourth-order valence-electron chi connectivity index (χ4n) is 6.18. The molecule has 0 atom stereocenters. The van der Waals surface area contributed by atoms with Gasteiger partial charge in [0.05, 0.1) is 17.5 Å². The fraction of sp³-hybridized carbons (Fsp3) is 0.667. The fourth-order valence-corrected chi connectivity index (χ4v) is 6.18. The van der Waals surface area contributed by atoms with E-state index in [1.54, 1.807) is 0 Å². The van der Waals surface area contributed by atoms with Crippen molar-refractivity contribution in [1.82, 2.24) is 20.4 Å². The molecule has 3 fully saturated rings. The summed E-state index contributed by atoms with van der Waals surface area (Å²) in [6.45, 7) is 5.20. The van der Waals surface area contributed by atoms with E-state index in [0.29, 0.717) is 19.0 Å². The van der Waals surface area contributed by atoms with Crippen molar-refractivity contribution in [3.05, 3.63) is 35.9 Å². The number of carbonyl (C=O) groups excluding carboxylic acids is 3. The van der Waals surface area contributed by atoms with Crippen LogP contribution in [-0.2, 0) is 15.1 Å². The molecule has 192 valence electrons. The third-order valence-electron chi connectivity index (χ3n) is 8.69. The highest BCUT2D eigenvalue weighted by molar-refractivity contribution is 5.87. The van der Waals surface area contributed by atoms with E-state index < -0.39 is 11.3 Å². The molecule has 8 nitrogen and oxygen atoms in total. The van der Waals surface area contributed by atoms with Crippen molar-refractivity contribution >= 4 is 17.8 Å². The summed E-state index contributed by atoms with van der Waals surface area (Å²) in [5.41, 5.74) is 5.38. The van der Waals surface area contributed by atoms with E-state index in [9.17, 15) is 14.4 Å². The first-order chi connectivity index (χ1) is 16.6. The Kier molecular flexibility index (Phi) is 7.13. The molecular weight excluding hydrogens is 442 g/mol. The summed E-state index contributed by atoms with van der Waals surface area (Å²) in [5.74, 6) is -0.268. The lowest BCUT2D eigenvalue weighted by molar-refractivity contribution is -0.131. The number of amides is 4. The van der Waals surface area contributed by atoms with Crippen molar-refractivity contribution in [3.63, 3.8) is 0 Å². The Labute approximate surface area is 209 Å². The molecule has 4 rings (SSSR count). The van der Waals surface area contributed by atoms with Gasteiger partial charge < -0.3 is 26.2 Å². The minimum absolute atomic E-state index is 0.0457. The third kappa shape index (κ3) is 5.03. The van der Waals surface area contributed by atoms with Gasteiger partial charge in [0.25, 0.3) is 0 Å². The van der Waals surface area contributed by atoms with Crippen LogP contribution in [0.3, 0.4) is 0 Å². The Morgan fingerprint density at radius 2 is 1.77 bits per heavy atom. The van der Waals surface area contributed by atoms with Gasteiger partial charge in [-0.05, 0) is 70.9 Å². The lowest BCUT2D eigenvalue weighted by Gasteiger charge is -2.49. The van der Waals surface area contributed by atoms with Crippen molar-refractivity contribution in [3.8, 4) is 0 Å². The summed E-state index contributed by atoms with van der Waals surface area (Å²) in [5, 5.41) is 6.22. The number of urea groups is 1. The maximum Gasteiger partial charge on any atom is 0.320 e. The molecule has 2 aliphatic carbocycles. The maximum absolute atomic E-state index is 13.8. The van der Waals surface area contributed by atoms with Crippen molar-refractivity contribution in [2.75, 3.05) is 33.2 Å². The molecule has 3 aliphatic rings. The maximum atomic E-state index is 13.8. The van der Waals surface area contributed by atoms with Gasteiger partial charge in [-0.2, -0.15) is 0 Å². The van der Waals surface area contributed by atoms with Crippen LogP contribution in [-0.4, -0.2) is 66.4 Å². The standard InChI is InChI=1S/C27H41N5O3/c1-25(2,23(34)30-16-22(28)33)18-31-19-26(32(24(31)35)17-20-8-7-9-20)12-14-27(29-3,15-13-26)21-10-5-4-6-11-21/h4-6,10-11,20,29H,7-9,12-19H2,1-3H3,(H2,28,33)(H,30,34). The molecule has 0 radical (unpaired) electrons. The van der Waals surface area contributed by atoms with Crippen LogP contribution in [0.1, 0.15) is 64.4 Å². The molecule has 1 heterocycles. The lowest BCUT2D eigenvalue weighted by Crippen LogP contribution is -2.56. The predicted molar refractivity (Wildman–Crippen MR) is 135 cm³/mol. The number of nitrogens with one attached hydrogen (secondary N) is 2. The lowest BCUT2D eigenvalue weighted by atomic mass is 9.68. The van der Waals surface area contributed by atoms with E-state index in [2.05, 4.69) is 39.8 Å². The number of nitrogens with zero attached hydrogens (tertiary/aromatic N) is 2. The van der Waals surface area contributed by atoms with E-state index in [4.69, 9.17) is 5.73 Å². The number of benzene rings is 1. The SMILES string of the molecule is CNC1(c2ccccc2)CCC2(CC1)CN(CC(C)(C)C(=O)NCC(N)=O)C(=O)N2CC1CCC1. The molecule has 1 aliphatic heterocycles. The van der Waals surface area contributed by atoms with Gasteiger partial charge in [-0.1, -0.05) is 36.8 Å². The topological polar surface area (TPSA) is 108 Å². The van der Waals surface area contributed by atoms with Crippen LogP contribution in [0.15, 0.2) is 30.3 Å². The molecule has 0 aromatic heterocycles. The second kappa shape index (κ2) is 9.80. The van der Waals surface area contributed by atoms with Gasteiger partial charge in [-0.25, -0.2) is 4.79 Å². The zero-order valence-corrected chi connectivity index (χ0v) is 21.4. The quantitative estimate of drug-likeness (QED) is 0.502. The smallest absolute Gasteiger partial charge is 0.320 e. The summed E-state index contributed by atoms with van der Waals surface area (Å²) < 4.78 is 0. The van der Waals surface area contributed by atoms with Gasteiger partial charge in [0.1, 0.15) is 0 Å². The molecule has 4 N–H and O–H groups in total. The highest BCUT2D eigenvalue weighted by Crippen LogP contribution is 2.48. The molecule has 4 amide bonds. The van der Waals surface area contributed by atoms with Crippen molar-refractivity contribution in [2.24, 2.45) is 17.1 Å². The van der Waals surface area contributed by atoms with E-state index in [1.807, 2.05) is 31.9 Å². The molecular formula is C27H41N5O3. The highest BCUT2D eigenvalue weighted by Gasteiger charge is 2.55. The second-order valence-electron chi connectivity index (χ2n) is 11.5. The number of hydrogen-bond acceptors (Lipinski definition) is 4. The number of nitrogens with two attached hydrogens (primary N) is 1. The van der Waals surface area contributed by atoms with E-state index in [1.165, 1.54) is 24.8 Å². The molecule has 1 saturated heterocycles. The minimum atomic E-state index is -0.827. The van der Waals surface area contributed by atoms with Gasteiger partial charge >= 0.3 is 6.03 Å². The Balaban J connectivity index is 1.52. The normalized spacial score (nSPS) is 27.2. The first kappa shape index (κ1) is 25.5. The number of carbonyl (C=O) groups is 3. The summed E-state index contributed by atoms with van der Waals surface area (Å²) in [6.07, 6.45) is 7.37. The van der Waals surface area contributed by atoms with Crippen molar-refractivity contribution in [2.45, 2.75) is 69.9 Å². The highest BCUT2D eigenvalue weighted by atomic mass is 16.2. The van der Waals surface area contributed by atoms with Gasteiger partial charge in [-0.15, -0.1) is 0 Å². The molecule has 35 heavy (non-hydrogen) atoms. The van der Waals surface area contributed by atoms with Crippen LogP contribution in [0, 0.1) is 11.3 Å². The summed E-state index contributed by atoms with van der Waals surface area (Å²) in [4.78, 5) is 41.6. The molecule has 8 heteroatoms. The Morgan fingerprint density at radius 3 is 2.31 bits per heavy atom. The molecule has 1 spiro atoms. The largest absolute Gasteiger partial charge is 0.368 e. The van der Waals surface area contributed by atoms with E-state index in [0.717, 1.165) is 32.2 Å². The van der Waals surface area contributed by atoms with Gasteiger partial charge in [0, 0.05) is 25.2 Å². The zero-order valence-electron chi connectivity index (χ0n) is 21.4. The van der Waals surface area contributed by atoms with Crippen LogP contribution in [0.4, 0.5) is 4.79 Å². The minimum Gasteiger partial charge on any atom is -0.368 e. The second-order valence-corrected chi connectivity index (χ2v) is 11.5. The van der Waals surface area contributed by atoms with Gasteiger partial charge in [0.2, 0.25) is 11.8 Å². The average molecular weight is 484 g/mol. The summed E-state index contributed by atoms with van der Waals surface area (Å²) in [7, 11) is 2.04. The Bertz CT molecular complexity index is 935. The first-order valence-electron chi connectivity index (χ1n) is 13.0. The molecule has 0 unspecified atom stereocenters. The van der Waals surface area contributed by atoms with Crippen LogP contribution in [0.5, 0.6) is 0 Å². The Hall–Kier alpha value is -2.61. The van der Waals surface area contributed by atoms with Gasteiger partial charge in [0.15, 0.2) is 0 Å². The number of primary amides is 1. The molecule has 1 aromatic rings. The molecule has 2 saturated carbocycles. The molecule has 0 bridgehead atoms.